The summed E-state index contributed by atoms with van der Waals surface area (Å²) >= 11 is 4.11. The first-order chi connectivity index (χ1) is 9.37. The lowest BCUT2D eigenvalue weighted by Gasteiger charge is -2.11. The fourth-order valence-electron chi connectivity index (χ4n) is 1.32. The van der Waals surface area contributed by atoms with Crippen LogP contribution in [0.5, 0.6) is 16.6 Å². The van der Waals surface area contributed by atoms with Crippen LogP contribution in [0.1, 0.15) is 9.67 Å². The molecule has 8 heteroatoms. The van der Waals surface area contributed by atoms with E-state index in [4.69, 9.17) is 4.74 Å². The van der Waals surface area contributed by atoms with Gasteiger partial charge in [0, 0.05) is 0 Å². The van der Waals surface area contributed by atoms with Gasteiger partial charge in [0.05, 0.1) is 9.35 Å². The van der Waals surface area contributed by atoms with Gasteiger partial charge in [-0.15, -0.1) is 13.2 Å². The summed E-state index contributed by atoms with van der Waals surface area (Å²) in [7, 11) is 0. The van der Waals surface area contributed by atoms with E-state index in [0.717, 1.165) is 17.4 Å². The molecule has 1 aromatic heterocycles. The second kappa shape index (κ2) is 5.84. The number of hydrogen-bond acceptors (Lipinski definition) is 4. The molecule has 2 aromatic rings. The molecule has 0 saturated heterocycles. The van der Waals surface area contributed by atoms with E-state index in [9.17, 15) is 18.0 Å². The zero-order chi connectivity index (χ0) is 14.8. The normalized spacial score (nSPS) is 11.2. The Morgan fingerprint density at radius 1 is 1.20 bits per heavy atom. The van der Waals surface area contributed by atoms with Gasteiger partial charge in [-0.3, -0.25) is 4.79 Å². The number of aldehydes is 1. The maximum absolute atomic E-state index is 12.1. The molecule has 106 valence electrons. The Morgan fingerprint density at radius 3 is 2.50 bits per heavy atom. The van der Waals surface area contributed by atoms with Gasteiger partial charge >= 0.3 is 6.36 Å². The van der Waals surface area contributed by atoms with Crippen LogP contribution in [-0.4, -0.2) is 12.6 Å². The Bertz CT molecular complexity index is 625. The van der Waals surface area contributed by atoms with E-state index in [1.54, 1.807) is 12.1 Å². The van der Waals surface area contributed by atoms with Gasteiger partial charge in [-0.05, 0) is 46.3 Å². The van der Waals surface area contributed by atoms with Crippen LogP contribution in [-0.2, 0) is 0 Å². The molecule has 0 aliphatic carbocycles. The van der Waals surface area contributed by atoms with E-state index >= 15 is 0 Å². The van der Waals surface area contributed by atoms with Crippen LogP contribution in [0, 0.1) is 0 Å². The van der Waals surface area contributed by atoms with Crippen LogP contribution in [0.4, 0.5) is 13.2 Å². The summed E-state index contributed by atoms with van der Waals surface area (Å²) < 4.78 is 45.7. The number of ether oxygens (including phenoxy) is 2. The van der Waals surface area contributed by atoms with Crippen molar-refractivity contribution in [2.75, 3.05) is 0 Å². The van der Waals surface area contributed by atoms with Crippen LogP contribution in [0.2, 0.25) is 0 Å². The molecule has 2 rings (SSSR count). The highest BCUT2D eigenvalue weighted by atomic mass is 79.9. The Morgan fingerprint density at radius 2 is 1.95 bits per heavy atom. The standard InChI is InChI=1S/C12H6BrF3O3S/c13-9-5-7(1-3-10(9)19-12(14,15)16)18-11-4-2-8(6-17)20-11/h1-6H. The summed E-state index contributed by atoms with van der Waals surface area (Å²) in [6.07, 6.45) is -4.06. The molecule has 0 saturated carbocycles. The molecule has 0 aliphatic rings. The smallest absolute Gasteiger partial charge is 0.447 e. The number of carbonyl (C=O) groups excluding carboxylic acids is 1. The molecular formula is C12H6BrF3O3S. The molecule has 0 N–H and O–H groups in total. The van der Waals surface area contributed by atoms with E-state index in [1.807, 2.05) is 0 Å². The minimum absolute atomic E-state index is 0.111. The van der Waals surface area contributed by atoms with E-state index in [2.05, 4.69) is 20.7 Å². The zero-order valence-corrected chi connectivity index (χ0v) is 12.0. The highest BCUT2D eigenvalue weighted by molar-refractivity contribution is 9.10. The molecule has 0 radical (unpaired) electrons. The Kier molecular flexibility index (Phi) is 4.34. The van der Waals surface area contributed by atoms with Gasteiger partial charge in [0.1, 0.15) is 11.5 Å². The minimum atomic E-state index is -4.75. The third kappa shape index (κ3) is 3.97. The number of benzene rings is 1. The molecule has 0 aliphatic heterocycles. The highest BCUT2D eigenvalue weighted by Crippen LogP contribution is 2.36. The quantitative estimate of drug-likeness (QED) is 0.713. The first-order valence-corrected chi connectivity index (χ1v) is 6.76. The molecule has 3 nitrogen and oxygen atoms in total. The van der Waals surface area contributed by atoms with Crippen molar-refractivity contribution in [3.8, 4) is 16.6 Å². The SMILES string of the molecule is O=Cc1ccc(Oc2ccc(OC(F)(F)F)c(Br)c2)s1. The van der Waals surface area contributed by atoms with Gasteiger partial charge in [0.2, 0.25) is 0 Å². The zero-order valence-electron chi connectivity index (χ0n) is 9.61. The second-order valence-corrected chi connectivity index (χ2v) is 5.45. The summed E-state index contributed by atoms with van der Waals surface area (Å²) in [5.74, 6) is -0.0321. The molecule has 0 spiro atoms. The summed E-state index contributed by atoms with van der Waals surface area (Å²) in [4.78, 5) is 11.0. The van der Waals surface area contributed by atoms with Crippen molar-refractivity contribution >= 4 is 33.6 Å². The van der Waals surface area contributed by atoms with E-state index in [0.29, 0.717) is 22.0 Å². The van der Waals surface area contributed by atoms with Crippen molar-refractivity contribution in [3.63, 3.8) is 0 Å². The van der Waals surface area contributed by atoms with Gasteiger partial charge in [0.15, 0.2) is 11.3 Å². The number of halogens is 4. The molecule has 0 unspecified atom stereocenters. The molecule has 0 amide bonds. The first kappa shape index (κ1) is 14.9. The van der Waals surface area contributed by atoms with Crippen LogP contribution >= 0.6 is 27.3 Å². The molecule has 0 bridgehead atoms. The molecule has 0 atom stereocenters. The third-order valence-corrected chi connectivity index (χ3v) is 3.57. The number of thiophene rings is 1. The van der Waals surface area contributed by atoms with Crippen molar-refractivity contribution < 1.29 is 27.4 Å². The number of carbonyl (C=O) groups is 1. The van der Waals surface area contributed by atoms with Crippen molar-refractivity contribution in [3.05, 3.63) is 39.7 Å². The third-order valence-electron chi connectivity index (χ3n) is 2.07. The molecular weight excluding hydrogens is 361 g/mol. The summed E-state index contributed by atoms with van der Waals surface area (Å²) in [5.41, 5.74) is 0. The topological polar surface area (TPSA) is 35.5 Å². The predicted molar refractivity (Wildman–Crippen MR) is 70.6 cm³/mol. The van der Waals surface area contributed by atoms with Crippen LogP contribution in [0.15, 0.2) is 34.8 Å². The van der Waals surface area contributed by atoms with Crippen LogP contribution in [0.25, 0.3) is 0 Å². The first-order valence-electron chi connectivity index (χ1n) is 5.15. The summed E-state index contributed by atoms with van der Waals surface area (Å²) in [6.45, 7) is 0. The minimum Gasteiger partial charge on any atom is -0.447 e. The van der Waals surface area contributed by atoms with Crippen LogP contribution < -0.4 is 9.47 Å². The predicted octanol–water partition coefficient (Wildman–Crippen LogP) is 5.01. The fraction of sp³-hybridized carbons (Fsp3) is 0.0833. The number of rotatable bonds is 4. The van der Waals surface area contributed by atoms with Crippen molar-refractivity contribution in [1.82, 2.24) is 0 Å². The average molecular weight is 367 g/mol. The second-order valence-electron chi connectivity index (χ2n) is 3.52. The Hall–Kier alpha value is -1.54. The molecule has 20 heavy (non-hydrogen) atoms. The van der Waals surface area contributed by atoms with E-state index in [-0.39, 0.29) is 10.2 Å². The van der Waals surface area contributed by atoms with E-state index < -0.39 is 6.36 Å². The highest BCUT2D eigenvalue weighted by Gasteiger charge is 2.32. The fourth-order valence-corrected chi connectivity index (χ4v) is 2.45. The Labute approximate surface area is 124 Å². The van der Waals surface area contributed by atoms with Crippen LogP contribution in [0.3, 0.4) is 0 Å². The largest absolute Gasteiger partial charge is 0.573 e. The van der Waals surface area contributed by atoms with Gasteiger partial charge in [0.25, 0.3) is 0 Å². The van der Waals surface area contributed by atoms with Gasteiger partial charge in [-0.2, -0.15) is 0 Å². The van der Waals surface area contributed by atoms with Crippen molar-refractivity contribution in [1.29, 1.82) is 0 Å². The van der Waals surface area contributed by atoms with Crippen molar-refractivity contribution in [2.45, 2.75) is 6.36 Å². The van der Waals surface area contributed by atoms with E-state index in [1.165, 1.54) is 12.1 Å². The van der Waals surface area contributed by atoms with Gasteiger partial charge in [-0.25, -0.2) is 0 Å². The molecule has 0 fully saturated rings. The number of alkyl halides is 3. The van der Waals surface area contributed by atoms with Crippen molar-refractivity contribution in [2.24, 2.45) is 0 Å². The van der Waals surface area contributed by atoms with Gasteiger partial charge in [-0.1, -0.05) is 11.3 Å². The lowest BCUT2D eigenvalue weighted by Crippen LogP contribution is -2.17. The number of hydrogen-bond donors (Lipinski definition) is 0. The average Bonchev–Trinajstić information content (AvgIpc) is 2.79. The Balaban J connectivity index is 2.14. The van der Waals surface area contributed by atoms with Gasteiger partial charge < -0.3 is 9.47 Å². The maximum atomic E-state index is 12.1. The summed E-state index contributed by atoms with van der Waals surface area (Å²) in [5, 5.41) is 0.462. The lowest BCUT2D eigenvalue weighted by molar-refractivity contribution is -0.274. The monoisotopic (exact) mass is 366 g/mol. The summed E-state index contributed by atoms with van der Waals surface area (Å²) in [6, 6.07) is 7.01. The molecule has 1 aromatic carbocycles. The lowest BCUT2D eigenvalue weighted by atomic mass is 10.3. The maximum Gasteiger partial charge on any atom is 0.573 e. The molecule has 1 heterocycles.